The molecule has 7 atom stereocenters. The Balaban J connectivity index is 1.85. The Morgan fingerprint density at radius 2 is 1.35 bits per heavy atom. The maximum absolute atomic E-state index is 14.6. The van der Waals surface area contributed by atoms with Crippen LogP contribution in [-0.4, -0.2) is 204 Å². The number of nitrogens with two attached hydrogens (primary N) is 1. The van der Waals surface area contributed by atoms with Gasteiger partial charge >= 0.3 is 11.9 Å². The molecule has 420 valence electrons. The number of carbonyl (C=O) groups is 12. The van der Waals surface area contributed by atoms with Crippen molar-refractivity contribution in [2.45, 2.75) is 74.4 Å². The van der Waals surface area contributed by atoms with E-state index in [4.69, 9.17) is 15.9 Å². The van der Waals surface area contributed by atoms with Gasteiger partial charge in [-0.15, -0.1) is 11.8 Å². The fraction of sp³-hybridized carbons (Fsp3) is 0.500. The van der Waals surface area contributed by atoms with Crippen LogP contribution in [0, 0.1) is 5.41 Å². The smallest absolute Gasteiger partial charge is 0.305 e. The van der Waals surface area contributed by atoms with E-state index in [1.807, 2.05) is 12.1 Å². The van der Waals surface area contributed by atoms with Gasteiger partial charge in [0.15, 0.2) is 5.96 Å². The number of amides is 10. The van der Waals surface area contributed by atoms with E-state index in [1.165, 1.54) is 14.2 Å². The number of nitrogens with one attached hydrogen (secondary N) is 11. The fourth-order valence-corrected chi connectivity index (χ4v) is 10.8. The molecule has 2 aromatic rings. The molecule has 15 N–H and O–H groups in total. The Hall–Kier alpha value is -7.38. The van der Waals surface area contributed by atoms with E-state index in [0.717, 1.165) is 43.6 Å². The van der Waals surface area contributed by atoms with Crippen LogP contribution in [-0.2, 0) is 68.7 Å². The van der Waals surface area contributed by atoms with Crippen molar-refractivity contribution in [3.63, 3.8) is 0 Å². The van der Waals surface area contributed by atoms with Crippen molar-refractivity contribution in [2.24, 2.45) is 5.73 Å². The molecular weight excluding hydrogens is 1070 g/mol. The average Bonchev–Trinajstić information content (AvgIpc) is 3.38. The summed E-state index contributed by atoms with van der Waals surface area (Å²) in [6.45, 7) is -1.09. The second-order valence-electron chi connectivity index (χ2n) is 17.3. The minimum Gasteiger partial charge on any atom is -0.481 e. The van der Waals surface area contributed by atoms with Gasteiger partial charge in [-0.25, -0.2) is 0 Å². The van der Waals surface area contributed by atoms with Crippen molar-refractivity contribution in [1.29, 1.82) is 5.41 Å². The summed E-state index contributed by atoms with van der Waals surface area (Å²) >= 11 is 0.760. The number of hydrogen-bond donors (Lipinski definition) is 14. The second-order valence-corrected chi connectivity index (χ2v) is 20.9. The number of nitrogens with zero attached hydrogens (tertiary/aromatic N) is 1. The lowest BCUT2D eigenvalue weighted by Crippen LogP contribution is -2.60. The number of fused-ring (bicyclic) bond motifs is 6. The number of ether oxygens (including phenoxy) is 1. The minimum atomic E-state index is -1.84. The first kappa shape index (κ1) is 62.2. The van der Waals surface area contributed by atoms with Crippen molar-refractivity contribution in [1.82, 2.24) is 58.1 Å². The number of guanidine groups is 1. The summed E-state index contributed by atoms with van der Waals surface area (Å²) in [5, 5.41) is 53.2. The summed E-state index contributed by atoms with van der Waals surface area (Å²) in [5.41, 5.74) is 5.95. The molecule has 2 saturated heterocycles. The first-order valence-corrected chi connectivity index (χ1v) is 27.5. The van der Waals surface area contributed by atoms with E-state index in [-0.39, 0.29) is 56.4 Å². The number of carboxylic acid groups (broad SMARTS) is 2. The van der Waals surface area contributed by atoms with Crippen molar-refractivity contribution in [3.05, 3.63) is 48.0 Å². The van der Waals surface area contributed by atoms with Gasteiger partial charge in [0.1, 0.15) is 42.3 Å². The second kappa shape index (κ2) is 31.6. The fourth-order valence-electron chi connectivity index (χ4n) is 7.63. The maximum Gasteiger partial charge on any atom is 0.305 e. The average molecular weight is 1130 g/mol. The van der Waals surface area contributed by atoms with Crippen LogP contribution in [0.2, 0.25) is 0 Å². The number of carboxylic acids is 2. The van der Waals surface area contributed by atoms with Crippen LogP contribution in [0.15, 0.2) is 42.5 Å². The summed E-state index contributed by atoms with van der Waals surface area (Å²) in [6, 6.07) is 0.982. The van der Waals surface area contributed by atoms with Gasteiger partial charge in [-0.1, -0.05) is 64.1 Å². The maximum atomic E-state index is 14.6. The molecule has 0 unspecified atom stereocenters. The number of hydrogen-bond acceptors (Lipinski definition) is 17. The number of methoxy groups -OCH3 is 1. The Morgan fingerprint density at radius 3 is 2.01 bits per heavy atom. The first-order chi connectivity index (χ1) is 36.7. The highest BCUT2D eigenvalue weighted by molar-refractivity contribution is 8.76. The molecule has 0 spiro atoms. The molecule has 0 saturated carbocycles. The third-order valence-corrected chi connectivity index (χ3v) is 15.0. The highest BCUT2D eigenvalue weighted by atomic mass is 33.1. The highest BCUT2D eigenvalue weighted by Gasteiger charge is 2.37. The molecule has 0 aliphatic carbocycles. The number of thioether (sulfide) groups is 1. The predicted molar refractivity (Wildman–Crippen MR) is 283 cm³/mol. The molecule has 10 amide bonds. The molecule has 2 aliphatic heterocycles. The minimum absolute atomic E-state index is 0.0563. The largest absolute Gasteiger partial charge is 0.481 e. The van der Waals surface area contributed by atoms with E-state index in [0.29, 0.717) is 10.9 Å². The summed E-state index contributed by atoms with van der Waals surface area (Å²) < 4.78 is 4.93. The third kappa shape index (κ3) is 20.9. The van der Waals surface area contributed by atoms with Crippen LogP contribution in [0.4, 0.5) is 0 Å². The molecule has 31 heteroatoms. The molecule has 2 heterocycles. The monoisotopic (exact) mass is 1130 g/mol. The molecule has 2 aliphatic rings. The van der Waals surface area contributed by atoms with Crippen LogP contribution in [0.1, 0.15) is 31.2 Å². The van der Waals surface area contributed by atoms with E-state index in [9.17, 15) is 67.7 Å². The zero-order valence-corrected chi connectivity index (χ0v) is 44.4. The first-order valence-electron chi connectivity index (χ1n) is 23.9. The van der Waals surface area contributed by atoms with Gasteiger partial charge in [0, 0.05) is 50.9 Å². The van der Waals surface area contributed by atoms with Gasteiger partial charge in [-0.2, -0.15) is 0 Å². The zero-order valence-electron chi connectivity index (χ0n) is 41.9. The highest BCUT2D eigenvalue weighted by Crippen LogP contribution is 2.25. The van der Waals surface area contributed by atoms with Crippen molar-refractivity contribution in [3.8, 4) is 0 Å². The molecule has 2 bridgehead atoms. The van der Waals surface area contributed by atoms with Crippen molar-refractivity contribution < 1.29 is 72.5 Å². The predicted octanol–water partition coefficient (Wildman–Crippen LogP) is -4.53. The van der Waals surface area contributed by atoms with E-state index in [1.54, 1.807) is 30.3 Å². The topological polar surface area (TPSA) is 428 Å². The molecule has 4 rings (SSSR count). The molecule has 2 fully saturated rings. The summed E-state index contributed by atoms with van der Waals surface area (Å²) in [5.74, 6) is -14.8. The van der Waals surface area contributed by atoms with Gasteiger partial charge in [0.05, 0.1) is 38.3 Å². The summed E-state index contributed by atoms with van der Waals surface area (Å²) in [7, 11) is 4.35. The Kier molecular flexibility index (Phi) is 25.5. The van der Waals surface area contributed by atoms with Gasteiger partial charge in [0.25, 0.3) is 0 Å². The zero-order chi connectivity index (χ0) is 56.6. The number of carbonyl (C=O) groups excluding carboxylic acids is 10. The normalized spacial score (nSPS) is 22.9. The van der Waals surface area contributed by atoms with Crippen LogP contribution >= 0.6 is 33.3 Å². The van der Waals surface area contributed by atoms with Crippen LogP contribution in [0.5, 0.6) is 0 Å². The lowest BCUT2D eigenvalue weighted by Gasteiger charge is -2.31. The van der Waals surface area contributed by atoms with E-state index >= 15 is 0 Å². The van der Waals surface area contributed by atoms with Gasteiger partial charge in [0.2, 0.25) is 59.1 Å². The van der Waals surface area contributed by atoms with E-state index in [2.05, 4.69) is 53.2 Å². The van der Waals surface area contributed by atoms with Crippen LogP contribution in [0.3, 0.4) is 0 Å². The molecular formula is C46H63N13O15S3. The number of benzene rings is 2. The molecule has 0 aromatic heterocycles. The van der Waals surface area contributed by atoms with Gasteiger partial charge in [-0.05, 0) is 29.2 Å². The Morgan fingerprint density at radius 1 is 0.727 bits per heavy atom. The number of rotatable bonds is 16. The Bertz CT molecular complexity index is 2520. The lowest BCUT2D eigenvalue weighted by atomic mass is 9.98. The molecule has 2 aromatic carbocycles. The number of aliphatic carboxylic acids is 2. The van der Waals surface area contributed by atoms with Crippen LogP contribution < -0.4 is 58.9 Å². The SMILES string of the molecule is COCCNC(=O)CNC(=O)[C@@H]1CSCC(=O)N[C@@H](CC(=O)O)C(=O)N[C@H]2CSSC[C@H](NC(=O)[C@H](CC(=O)O)NC(=O)CNC(=O)[C@H](CCCNC(=N)N)N(C)C2=O)C(=O)N[C@@H](Cc2cccc3ccccc23)C(=O)N1. The lowest BCUT2D eigenvalue weighted by molar-refractivity contribution is -0.143. The molecule has 0 radical (unpaired) electrons. The van der Waals surface area contributed by atoms with Crippen molar-refractivity contribution in [2.75, 3.05) is 70.0 Å². The van der Waals surface area contributed by atoms with E-state index < -0.39 is 151 Å². The van der Waals surface area contributed by atoms with Crippen LogP contribution in [0.25, 0.3) is 10.8 Å². The Labute approximate surface area is 453 Å². The molecule has 28 nitrogen and oxygen atoms in total. The molecule has 77 heavy (non-hydrogen) atoms. The van der Waals surface area contributed by atoms with Gasteiger partial charge < -0.3 is 78.8 Å². The standard InChI is InChI=1S/C46H63N13O15S3/c1-59-33(11-6-12-50-46(47)48)44(72)52-19-35(61)53-28(16-37(63)64)41(69)57-31-21-76-77-22-32(45(59)73)58-42(70)29(17-38(65)66)54-36(62)23-75-20-30(39(67)51-18-34(60)49-13-14-74-2)56-40(68)27(55-43(31)71)15-25-9-5-8-24-7-3-4-10-26(24)25/h3-5,7-10,27-33H,6,11-23H2,1-2H3,(H,49,60)(H,51,67)(H,52,72)(H,53,61)(H,54,62)(H,55,71)(H,56,68)(H,57,69)(H,58,70)(H,63,64)(H,65,66)(H4,47,48,50)/t27-,28-,29-,30-,31-,32-,33-/m0/s1. The van der Waals surface area contributed by atoms with Gasteiger partial charge in [-0.3, -0.25) is 62.9 Å². The van der Waals surface area contributed by atoms with Crippen molar-refractivity contribution >= 4 is 121 Å². The third-order valence-electron chi connectivity index (χ3n) is 11.5. The number of likely N-dealkylation sites (N-methyl/N-ethyl adjacent to an activating group) is 1. The quantitative estimate of drug-likeness (QED) is 0.0326. The summed E-state index contributed by atoms with van der Waals surface area (Å²) in [4.78, 5) is 164. The summed E-state index contributed by atoms with van der Waals surface area (Å²) in [6.07, 6.45) is -2.23.